The SMILES string of the molecule is C=C(/C=C\C=C(/C)CC(C)C)c1ccc(C)c(NC)c1C. The van der Waals surface area contributed by atoms with Gasteiger partial charge in [-0.2, -0.15) is 0 Å². The number of nitrogens with one attached hydrogen (secondary N) is 1. The number of rotatable bonds is 6. The van der Waals surface area contributed by atoms with Crippen molar-refractivity contribution < 1.29 is 0 Å². The third-order valence-electron chi connectivity index (χ3n) is 3.68. The quantitative estimate of drug-likeness (QED) is 0.640. The average Bonchev–Trinajstić information content (AvgIpc) is 2.38. The minimum Gasteiger partial charge on any atom is -0.388 e. The Hall–Kier alpha value is -1.76. The Balaban J connectivity index is 2.91. The summed E-state index contributed by atoms with van der Waals surface area (Å²) >= 11 is 0. The van der Waals surface area contributed by atoms with E-state index in [1.54, 1.807) is 0 Å². The van der Waals surface area contributed by atoms with Crippen molar-refractivity contribution in [1.29, 1.82) is 0 Å². The maximum Gasteiger partial charge on any atom is 0.0403 e. The van der Waals surface area contributed by atoms with Gasteiger partial charge in [-0.25, -0.2) is 0 Å². The van der Waals surface area contributed by atoms with Crippen molar-refractivity contribution in [3.63, 3.8) is 0 Å². The normalized spacial score (nSPS) is 12.2. The molecular formula is C20H29N. The van der Waals surface area contributed by atoms with Crippen molar-refractivity contribution in [2.45, 2.75) is 41.0 Å². The first kappa shape index (κ1) is 17.3. The van der Waals surface area contributed by atoms with E-state index in [4.69, 9.17) is 0 Å². The minimum atomic E-state index is 0.704. The standard InChI is InChI=1S/C20H29N/c1-14(2)13-15(3)9-8-10-16(4)19-12-11-17(5)20(21-7)18(19)6/h8-12,14,21H,4,13H2,1-3,5-7H3/b10-8-,15-9+. The van der Waals surface area contributed by atoms with Crippen molar-refractivity contribution in [2.24, 2.45) is 5.92 Å². The van der Waals surface area contributed by atoms with E-state index in [1.807, 2.05) is 7.05 Å². The lowest BCUT2D eigenvalue weighted by Gasteiger charge is -2.14. The van der Waals surface area contributed by atoms with Gasteiger partial charge in [-0.1, -0.05) is 56.4 Å². The lowest BCUT2D eigenvalue weighted by Crippen LogP contribution is -1.98. The molecule has 0 bridgehead atoms. The fourth-order valence-electron chi connectivity index (χ4n) is 2.71. The van der Waals surface area contributed by atoms with Gasteiger partial charge in [0.2, 0.25) is 0 Å². The molecule has 0 amide bonds. The molecule has 0 unspecified atom stereocenters. The van der Waals surface area contributed by atoms with Crippen LogP contribution in [-0.4, -0.2) is 7.05 Å². The minimum absolute atomic E-state index is 0.704. The van der Waals surface area contributed by atoms with E-state index in [9.17, 15) is 0 Å². The monoisotopic (exact) mass is 283 g/mol. The summed E-state index contributed by atoms with van der Waals surface area (Å²) in [6.45, 7) is 15.1. The van der Waals surface area contributed by atoms with Gasteiger partial charge in [-0.3, -0.25) is 0 Å². The van der Waals surface area contributed by atoms with Crippen molar-refractivity contribution >= 4 is 11.3 Å². The molecule has 1 N–H and O–H groups in total. The van der Waals surface area contributed by atoms with Crippen LogP contribution in [-0.2, 0) is 0 Å². The van der Waals surface area contributed by atoms with Gasteiger partial charge in [0.25, 0.3) is 0 Å². The number of benzene rings is 1. The predicted molar refractivity (Wildman–Crippen MR) is 96.8 cm³/mol. The Kier molecular flexibility index (Phi) is 6.48. The molecule has 1 rings (SSSR count). The van der Waals surface area contributed by atoms with Gasteiger partial charge in [0.05, 0.1) is 0 Å². The van der Waals surface area contributed by atoms with E-state index < -0.39 is 0 Å². The lowest BCUT2D eigenvalue weighted by molar-refractivity contribution is 0.642. The summed E-state index contributed by atoms with van der Waals surface area (Å²) in [5, 5.41) is 3.28. The highest BCUT2D eigenvalue weighted by molar-refractivity contribution is 5.78. The molecule has 0 spiro atoms. The van der Waals surface area contributed by atoms with Crippen molar-refractivity contribution in [2.75, 3.05) is 12.4 Å². The second-order valence-electron chi connectivity index (χ2n) is 6.18. The summed E-state index contributed by atoms with van der Waals surface area (Å²) < 4.78 is 0. The van der Waals surface area contributed by atoms with E-state index in [0.29, 0.717) is 5.92 Å². The molecule has 0 aliphatic heterocycles. The Bertz CT molecular complexity index is 559. The molecule has 114 valence electrons. The highest BCUT2D eigenvalue weighted by atomic mass is 14.8. The van der Waals surface area contributed by atoms with E-state index in [1.165, 1.54) is 28.0 Å². The third-order valence-corrected chi connectivity index (χ3v) is 3.68. The van der Waals surface area contributed by atoms with Gasteiger partial charge in [0.1, 0.15) is 0 Å². The van der Waals surface area contributed by atoms with Crippen LogP contribution in [0.2, 0.25) is 0 Å². The van der Waals surface area contributed by atoms with Crippen molar-refractivity contribution in [3.05, 3.63) is 59.2 Å². The lowest BCUT2D eigenvalue weighted by atomic mass is 9.97. The van der Waals surface area contributed by atoms with Crippen LogP contribution in [0.25, 0.3) is 5.57 Å². The Morgan fingerprint density at radius 3 is 2.52 bits per heavy atom. The molecule has 0 heterocycles. The molecule has 0 aliphatic rings. The van der Waals surface area contributed by atoms with Gasteiger partial charge in [-0.05, 0) is 55.4 Å². The predicted octanol–water partition coefficient (Wildman–Crippen LogP) is 5.91. The van der Waals surface area contributed by atoms with Gasteiger partial charge < -0.3 is 5.32 Å². The summed E-state index contributed by atoms with van der Waals surface area (Å²) in [4.78, 5) is 0. The molecule has 21 heavy (non-hydrogen) atoms. The second kappa shape index (κ2) is 7.87. The van der Waals surface area contributed by atoms with E-state index in [2.05, 4.69) is 76.9 Å². The van der Waals surface area contributed by atoms with Crippen molar-refractivity contribution in [3.8, 4) is 0 Å². The maximum absolute atomic E-state index is 4.20. The van der Waals surface area contributed by atoms with Crippen molar-refractivity contribution in [1.82, 2.24) is 0 Å². The Morgan fingerprint density at radius 2 is 1.95 bits per heavy atom. The Labute approximate surface area is 130 Å². The number of anilines is 1. The smallest absolute Gasteiger partial charge is 0.0403 e. The largest absolute Gasteiger partial charge is 0.388 e. The first-order valence-electron chi connectivity index (χ1n) is 7.67. The first-order valence-corrected chi connectivity index (χ1v) is 7.67. The molecule has 0 aliphatic carbocycles. The van der Waals surface area contributed by atoms with Crippen LogP contribution in [0.4, 0.5) is 5.69 Å². The zero-order chi connectivity index (χ0) is 16.0. The molecule has 0 atom stereocenters. The summed E-state index contributed by atoms with van der Waals surface area (Å²) in [5.41, 5.74) is 7.39. The summed E-state index contributed by atoms with van der Waals surface area (Å²) in [6, 6.07) is 4.30. The number of hydrogen-bond donors (Lipinski definition) is 1. The molecule has 1 aromatic rings. The highest BCUT2D eigenvalue weighted by Crippen LogP contribution is 2.28. The summed E-state index contributed by atoms with van der Waals surface area (Å²) in [7, 11) is 1.97. The zero-order valence-electron chi connectivity index (χ0n) is 14.4. The van der Waals surface area contributed by atoms with Crippen LogP contribution < -0.4 is 5.32 Å². The number of aryl methyl sites for hydroxylation is 1. The number of hydrogen-bond acceptors (Lipinski definition) is 1. The van der Waals surface area contributed by atoms with Crippen LogP contribution >= 0.6 is 0 Å². The van der Waals surface area contributed by atoms with Crippen LogP contribution in [0.15, 0.2) is 42.5 Å². The van der Waals surface area contributed by atoms with Gasteiger partial charge in [0.15, 0.2) is 0 Å². The molecular weight excluding hydrogens is 254 g/mol. The molecule has 0 saturated heterocycles. The third kappa shape index (κ3) is 4.93. The molecule has 0 radical (unpaired) electrons. The fourth-order valence-corrected chi connectivity index (χ4v) is 2.71. The second-order valence-corrected chi connectivity index (χ2v) is 6.18. The van der Waals surface area contributed by atoms with Gasteiger partial charge in [0, 0.05) is 12.7 Å². The van der Waals surface area contributed by atoms with Gasteiger partial charge in [-0.15, -0.1) is 0 Å². The zero-order valence-corrected chi connectivity index (χ0v) is 14.4. The maximum atomic E-state index is 4.20. The molecule has 1 heteroatoms. The fraction of sp³-hybridized carbons (Fsp3) is 0.400. The topological polar surface area (TPSA) is 12.0 Å². The average molecular weight is 283 g/mol. The van der Waals surface area contributed by atoms with E-state index in [0.717, 1.165) is 12.0 Å². The molecule has 0 saturated carbocycles. The molecule has 0 fully saturated rings. The molecule has 1 aromatic carbocycles. The van der Waals surface area contributed by atoms with Gasteiger partial charge >= 0.3 is 0 Å². The van der Waals surface area contributed by atoms with Crippen LogP contribution in [0.3, 0.4) is 0 Å². The molecule has 1 nitrogen and oxygen atoms in total. The van der Waals surface area contributed by atoms with Crippen LogP contribution in [0, 0.1) is 19.8 Å². The Morgan fingerprint density at radius 1 is 1.29 bits per heavy atom. The summed E-state index contributed by atoms with van der Waals surface area (Å²) in [6.07, 6.45) is 7.54. The summed E-state index contributed by atoms with van der Waals surface area (Å²) in [5.74, 6) is 0.704. The van der Waals surface area contributed by atoms with E-state index >= 15 is 0 Å². The van der Waals surface area contributed by atoms with E-state index in [-0.39, 0.29) is 0 Å². The molecule has 0 aromatic heterocycles. The first-order chi connectivity index (χ1) is 9.86. The highest BCUT2D eigenvalue weighted by Gasteiger charge is 2.07. The van der Waals surface area contributed by atoms with Crippen LogP contribution in [0.1, 0.15) is 43.9 Å². The number of allylic oxidation sites excluding steroid dienone is 5. The van der Waals surface area contributed by atoms with Crippen LogP contribution in [0.5, 0.6) is 0 Å².